The summed E-state index contributed by atoms with van der Waals surface area (Å²) in [5, 5.41) is 8.76. The minimum absolute atomic E-state index is 0.103. The molecule has 1 atom stereocenters. The SMILES string of the molecule is Nc1cccc2c1CN(C1CCC(=O)N(CCC(=O)O)C1=O)C2=O. The van der Waals surface area contributed by atoms with Crippen molar-refractivity contribution in [1.82, 2.24) is 9.80 Å². The number of hydrogen-bond donors (Lipinski definition) is 2. The molecule has 0 spiro atoms. The number of fused-ring (bicyclic) bond motifs is 1. The molecule has 2 heterocycles. The number of aliphatic carboxylic acids is 1. The van der Waals surface area contributed by atoms with Crippen molar-refractivity contribution in [3.63, 3.8) is 0 Å². The van der Waals surface area contributed by atoms with E-state index in [1.54, 1.807) is 18.2 Å². The van der Waals surface area contributed by atoms with E-state index < -0.39 is 23.8 Å². The van der Waals surface area contributed by atoms with Crippen LogP contribution >= 0.6 is 0 Å². The summed E-state index contributed by atoms with van der Waals surface area (Å²) in [6.45, 7) is 0.0405. The van der Waals surface area contributed by atoms with Crippen molar-refractivity contribution >= 4 is 29.4 Å². The second-order valence-corrected chi connectivity index (χ2v) is 5.89. The monoisotopic (exact) mass is 331 g/mol. The summed E-state index contributed by atoms with van der Waals surface area (Å²) in [4.78, 5) is 50.2. The number of anilines is 1. The number of likely N-dealkylation sites (tertiary alicyclic amines) is 1. The molecule has 1 unspecified atom stereocenters. The van der Waals surface area contributed by atoms with E-state index in [1.165, 1.54) is 4.90 Å². The second kappa shape index (κ2) is 5.95. The predicted octanol–water partition coefficient (Wildman–Crippen LogP) is 0.217. The van der Waals surface area contributed by atoms with Crippen molar-refractivity contribution < 1.29 is 24.3 Å². The van der Waals surface area contributed by atoms with E-state index in [4.69, 9.17) is 10.8 Å². The van der Waals surface area contributed by atoms with Gasteiger partial charge < -0.3 is 15.7 Å². The van der Waals surface area contributed by atoms with Gasteiger partial charge in [0.05, 0.1) is 6.42 Å². The lowest BCUT2D eigenvalue weighted by Gasteiger charge is -2.35. The maximum absolute atomic E-state index is 12.6. The summed E-state index contributed by atoms with van der Waals surface area (Å²) in [6.07, 6.45) is 0.0256. The summed E-state index contributed by atoms with van der Waals surface area (Å²) < 4.78 is 0. The van der Waals surface area contributed by atoms with Crippen LogP contribution in [0.2, 0.25) is 0 Å². The van der Waals surface area contributed by atoms with Crippen LogP contribution in [0.25, 0.3) is 0 Å². The number of carboxylic acid groups (broad SMARTS) is 1. The molecule has 3 amide bonds. The van der Waals surface area contributed by atoms with Crippen LogP contribution in [0.1, 0.15) is 35.2 Å². The zero-order valence-electron chi connectivity index (χ0n) is 12.9. The Morgan fingerprint density at radius 1 is 1.29 bits per heavy atom. The molecular formula is C16H17N3O5. The van der Waals surface area contributed by atoms with Crippen LogP contribution in [0.5, 0.6) is 0 Å². The highest BCUT2D eigenvalue weighted by atomic mass is 16.4. The van der Waals surface area contributed by atoms with Crippen molar-refractivity contribution in [1.29, 1.82) is 0 Å². The molecule has 2 aliphatic heterocycles. The Kier molecular flexibility index (Phi) is 3.96. The van der Waals surface area contributed by atoms with Gasteiger partial charge in [-0.05, 0) is 18.6 Å². The van der Waals surface area contributed by atoms with Gasteiger partial charge >= 0.3 is 5.97 Å². The van der Waals surface area contributed by atoms with Gasteiger partial charge in [-0.15, -0.1) is 0 Å². The number of imide groups is 1. The fourth-order valence-electron chi connectivity index (χ4n) is 3.18. The summed E-state index contributed by atoms with van der Waals surface area (Å²) in [5.41, 5.74) is 7.54. The standard InChI is InChI=1S/C16H17N3O5/c17-11-3-1-2-9-10(11)8-19(15(9)23)12-4-5-13(20)18(16(12)24)7-6-14(21)22/h1-3,12H,4-8,17H2,(H,21,22). The highest BCUT2D eigenvalue weighted by molar-refractivity contribution is 6.06. The second-order valence-electron chi connectivity index (χ2n) is 5.89. The van der Waals surface area contributed by atoms with Crippen LogP contribution in [0, 0.1) is 0 Å². The van der Waals surface area contributed by atoms with Gasteiger partial charge in [0, 0.05) is 36.3 Å². The zero-order chi connectivity index (χ0) is 17.4. The molecule has 0 radical (unpaired) electrons. The van der Waals surface area contributed by atoms with Crippen molar-refractivity contribution in [2.45, 2.75) is 31.8 Å². The number of carbonyl (C=O) groups excluding carboxylic acids is 3. The maximum atomic E-state index is 12.6. The molecule has 1 fully saturated rings. The highest BCUT2D eigenvalue weighted by Crippen LogP contribution is 2.31. The summed E-state index contributed by atoms with van der Waals surface area (Å²) >= 11 is 0. The van der Waals surface area contributed by atoms with E-state index >= 15 is 0 Å². The number of nitrogens with zero attached hydrogens (tertiary/aromatic N) is 2. The average Bonchev–Trinajstić information content (AvgIpc) is 2.86. The molecule has 24 heavy (non-hydrogen) atoms. The lowest BCUT2D eigenvalue weighted by Crippen LogP contribution is -2.55. The van der Waals surface area contributed by atoms with E-state index in [0.717, 1.165) is 4.90 Å². The number of carboxylic acids is 1. The Hall–Kier alpha value is -2.90. The third-order valence-electron chi connectivity index (χ3n) is 4.44. The van der Waals surface area contributed by atoms with Crippen LogP contribution in [-0.4, -0.2) is 51.2 Å². The Labute approximate surface area is 137 Å². The van der Waals surface area contributed by atoms with Crippen molar-refractivity contribution in [2.75, 3.05) is 12.3 Å². The van der Waals surface area contributed by atoms with Gasteiger partial charge in [0.1, 0.15) is 6.04 Å². The fourth-order valence-corrected chi connectivity index (χ4v) is 3.18. The number of hydrogen-bond acceptors (Lipinski definition) is 5. The van der Waals surface area contributed by atoms with Crippen LogP contribution in [0.3, 0.4) is 0 Å². The molecule has 3 rings (SSSR count). The molecular weight excluding hydrogens is 314 g/mol. The molecule has 2 aliphatic rings. The van der Waals surface area contributed by atoms with Crippen LogP contribution in [0.15, 0.2) is 18.2 Å². The molecule has 0 saturated carbocycles. The summed E-state index contributed by atoms with van der Waals surface area (Å²) in [6, 6.07) is 4.27. The third-order valence-corrected chi connectivity index (χ3v) is 4.44. The molecule has 0 bridgehead atoms. The lowest BCUT2D eigenvalue weighted by atomic mass is 10.0. The quantitative estimate of drug-likeness (QED) is 0.601. The molecule has 8 nitrogen and oxygen atoms in total. The van der Waals surface area contributed by atoms with Gasteiger partial charge in [-0.2, -0.15) is 0 Å². The molecule has 1 saturated heterocycles. The van der Waals surface area contributed by atoms with Crippen molar-refractivity contribution in [2.24, 2.45) is 0 Å². The van der Waals surface area contributed by atoms with E-state index in [-0.39, 0.29) is 38.3 Å². The topological polar surface area (TPSA) is 121 Å². The predicted molar refractivity (Wildman–Crippen MR) is 82.7 cm³/mol. The van der Waals surface area contributed by atoms with E-state index in [0.29, 0.717) is 16.8 Å². The van der Waals surface area contributed by atoms with Crippen molar-refractivity contribution in [3.05, 3.63) is 29.3 Å². The zero-order valence-corrected chi connectivity index (χ0v) is 12.9. The first-order valence-electron chi connectivity index (χ1n) is 7.64. The molecule has 0 aliphatic carbocycles. The molecule has 1 aromatic carbocycles. The van der Waals surface area contributed by atoms with E-state index in [2.05, 4.69) is 0 Å². The molecule has 126 valence electrons. The van der Waals surface area contributed by atoms with Crippen LogP contribution < -0.4 is 5.73 Å². The Morgan fingerprint density at radius 2 is 2.04 bits per heavy atom. The number of amides is 3. The number of piperidine rings is 1. The van der Waals surface area contributed by atoms with Crippen LogP contribution in [-0.2, 0) is 20.9 Å². The molecule has 8 heteroatoms. The highest BCUT2D eigenvalue weighted by Gasteiger charge is 2.42. The van der Waals surface area contributed by atoms with Gasteiger partial charge in [0.15, 0.2) is 0 Å². The average molecular weight is 331 g/mol. The number of carbonyl (C=O) groups is 4. The van der Waals surface area contributed by atoms with Crippen LogP contribution in [0.4, 0.5) is 5.69 Å². The molecule has 0 aromatic heterocycles. The van der Waals surface area contributed by atoms with Crippen molar-refractivity contribution in [3.8, 4) is 0 Å². The molecule has 3 N–H and O–H groups in total. The summed E-state index contributed by atoms with van der Waals surface area (Å²) in [5.74, 6) is -2.30. The number of nitrogen functional groups attached to an aromatic ring is 1. The maximum Gasteiger partial charge on any atom is 0.305 e. The fraction of sp³-hybridized carbons (Fsp3) is 0.375. The van der Waals surface area contributed by atoms with E-state index in [1.807, 2.05) is 0 Å². The number of nitrogens with two attached hydrogens (primary N) is 1. The summed E-state index contributed by atoms with van der Waals surface area (Å²) in [7, 11) is 0. The Morgan fingerprint density at radius 3 is 2.71 bits per heavy atom. The first-order chi connectivity index (χ1) is 11.4. The first kappa shape index (κ1) is 16.0. The minimum atomic E-state index is -1.09. The normalized spacial score (nSPS) is 20.5. The lowest BCUT2D eigenvalue weighted by molar-refractivity contribution is -0.152. The van der Waals surface area contributed by atoms with Gasteiger partial charge in [0.2, 0.25) is 5.91 Å². The smallest absolute Gasteiger partial charge is 0.305 e. The Balaban J connectivity index is 1.82. The number of benzene rings is 1. The Bertz CT molecular complexity index is 745. The number of rotatable bonds is 4. The van der Waals surface area contributed by atoms with E-state index in [9.17, 15) is 19.2 Å². The van der Waals surface area contributed by atoms with Gasteiger partial charge in [-0.25, -0.2) is 0 Å². The van der Waals surface area contributed by atoms with Gasteiger partial charge in [0.25, 0.3) is 11.8 Å². The molecule has 1 aromatic rings. The van der Waals surface area contributed by atoms with Gasteiger partial charge in [-0.1, -0.05) is 6.07 Å². The minimum Gasteiger partial charge on any atom is -0.481 e. The largest absolute Gasteiger partial charge is 0.481 e. The van der Waals surface area contributed by atoms with Gasteiger partial charge in [-0.3, -0.25) is 24.1 Å². The third kappa shape index (κ3) is 2.60. The first-order valence-corrected chi connectivity index (χ1v) is 7.64.